The first-order chi connectivity index (χ1) is 6.33. The predicted octanol–water partition coefficient (Wildman–Crippen LogP) is 1.20. The molecule has 3 nitrogen and oxygen atoms in total. The molecule has 0 spiro atoms. The zero-order valence-electron chi connectivity index (χ0n) is 9.34. The maximum absolute atomic E-state index is 10.9. The van der Waals surface area contributed by atoms with Crippen molar-refractivity contribution >= 4 is 9.84 Å². The van der Waals surface area contributed by atoms with Gasteiger partial charge in [0.15, 0.2) is 0 Å². The predicted molar refractivity (Wildman–Crippen MR) is 59.1 cm³/mol. The summed E-state index contributed by atoms with van der Waals surface area (Å²) in [7, 11) is -2.78. The van der Waals surface area contributed by atoms with Gasteiger partial charge in [-0.3, -0.25) is 0 Å². The third kappa shape index (κ3) is 3.96. The summed E-state index contributed by atoms with van der Waals surface area (Å²) in [5.41, 5.74) is 0.477. The summed E-state index contributed by atoms with van der Waals surface area (Å²) < 4.78 is 21.7. The van der Waals surface area contributed by atoms with E-state index in [4.69, 9.17) is 0 Å². The minimum absolute atomic E-state index is 0.295. The molecule has 4 heteroatoms. The van der Waals surface area contributed by atoms with Gasteiger partial charge in [0, 0.05) is 12.3 Å². The normalized spacial score (nSPS) is 21.9. The van der Waals surface area contributed by atoms with Gasteiger partial charge in [-0.05, 0) is 38.1 Å². The number of hydrogen-bond acceptors (Lipinski definition) is 3. The average Bonchev–Trinajstić information content (AvgIpc) is 2.76. The summed E-state index contributed by atoms with van der Waals surface area (Å²) in [6.45, 7) is 5.28. The maximum atomic E-state index is 10.9. The zero-order valence-corrected chi connectivity index (χ0v) is 10.2. The lowest BCUT2D eigenvalue weighted by molar-refractivity contribution is 0.382. The topological polar surface area (TPSA) is 46.2 Å². The van der Waals surface area contributed by atoms with E-state index >= 15 is 0 Å². The molecule has 0 radical (unpaired) electrons. The molecule has 1 unspecified atom stereocenters. The average molecular weight is 219 g/mol. The number of rotatable bonds is 6. The van der Waals surface area contributed by atoms with E-state index in [1.54, 1.807) is 0 Å². The molecule has 0 amide bonds. The Kier molecular flexibility index (Phi) is 3.58. The highest BCUT2D eigenvalue weighted by atomic mass is 32.2. The van der Waals surface area contributed by atoms with Crippen LogP contribution < -0.4 is 5.32 Å². The van der Waals surface area contributed by atoms with E-state index < -0.39 is 9.84 Å². The Morgan fingerprint density at radius 1 is 1.43 bits per heavy atom. The van der Waals surface area contributed by atoms with Crippen LogP contribution >= 0.6 is 0 Å². The summed E-state index contributed by atoms with van der Waals surface area (Å²) in [5, 5.41) is 3.39. The third-order valence-corrected chi connectivity index (χ3v) is 4.26. The molecule has 1 rings (SSSR count). The molecule has 0 aromatic carbocycles. The molecule has 1 aliphatic carbocycles. The third-order valence-electron chi connectivity index (χ3n) is 3.23. The lowest BCUT2D eigenvalue weighted by atomic mass is 10.0. The summed E-state index contributed by atoms with van der Waals surface area (Å²) >= 11 is 0. The van der Waals surface area contributed by atoms with Gasteiger partial charge < -0.3 is 5.32 Å². The van der Waals surface area contributed by atoms with Crippen molar-refractivity contribution in [1.29, 1.82) is 0 Å². The van der Waals surface area contributed by atoms with Crippen LogP contribution in [0.4, 0.5) is 0 Å². The lowest BCUT2D eigenvalue weighted by Crippen LogP contribution is -2.34. The van der Waals surface area contributed by atoms with Crippen LogP contribution in [0.5, 0.6) is 0 Å². The zero-order chi connectivity index (χ0) is 10.8. The van der Waals surface area contributed by atoms with Gasteiger partial charge in [-0.15, -0.1) is 0 Å². The summed E-state index contributed by atoms with van der Waals surface area (Å²) in [6, 6.07) is 0.516. The molecule has 84 valence electrons. The van der Waals surface area contributed by atoms with Gasteiger partial charge in [0.25, 0.3) is 0 Å². The van der Waals surface area contributed by atoms with Gasteiger partial charge in [0.1, 0.15) is 9.84 Å². The molecule has 1 saturated carbocycles. The second-order valence-electron chi connectivity index (χ2n) is 4.81. The summed E-state index contributed by atoms with van der Waals surface area (Å²) in [5.74, 6) is 0.295. The quantitative estimate of drug-likeness (QED) is 0.683. The molecular weight excluding hydrogens is 198 g/mol. The second kappa shape index (κ2) is 4.19. The van der Waals surface area contributed by atoms with E-state index in [2.05, 4.69) is 19.2 Å². The molecule has 1 atom stereocenters. The first-order valence-corrected chi connectivity index (χ1v) is 7.31. The fourth-order valence-corrected chi connectivity index (χ4v) is 2.20. The van der Waals surface area contributed by atoms with Crippen molar-refractivity contribution in [3.8, 4) is 0 Å². The minimum atomic E-state index is -2.78. The summed E-state index contributed by atoms with van der Waals surface area (Å²) in [4.78, 5) is 0. The fourth-order valence-electron chi connectivity index (χ4n) is 1.53. The Balaban J connectivity index is 2.10. The maximum Gasteiger partial charge on any atom is 0.147 e. The van der Waals surface area contributed by atoms with Crippen LogP contribution in [0.3, 0.4) is 0 Å². The Morgan fingerprint density at radius 3 is 2.43 bits per heavy atom. The summed E-state index contributed by atoms with van der Waals surface area (Å²) in [6.07, 6.45) is 4.61. The van der Waals surface area contributed by atoms with Crippen LogP contribution in [-0.2, 0) is 9.84 Å². The van der Waals surface area contributed by atoms with Gasteiger partial charge in [-0.25, -0.2) is 8.42 Å². The van der Waals surface area contributed by atoms with Gasteiger partial charge in [-0.2, -0.15) is 0 Å². The van der Waals surface area contributed by atoms with Crippen molar-refractivity contribution < 1.29 is 8.42 Å². The van der Waals surface area contributed by atoms with Crippen LogP contribution in [0, 0.1) is 5.41 Å². The van der Waals surface area contributed by atoms with Crippen molar-refractivity contribution in [3.05, 3.63) is 0 Å². The second-order valence-corrected chi connectivity index (χ2v) is 7.07. The molecule has 1 fully saturated rings. The van der Waals surface area contributed by atoms with Crippen molar-refractivity contribution in [2.75, 3.05) is 18.6 Å². The number of nitrogens with one attached hydrogen (secondary N) is 1. The molecule has 0 saturated heterocycles. The Morgan fingerprint density at radius 2 is 2.00 bits per heavy atom. The van der Waals surface area contributed by atoms with Gasteiger partial charge in [0.05, 0.1) is 5.75 Å². The van der Waals surface area contributed by atoms with Gasteiger partial charge in [-0.1, -0.05) is 6.92 Å². The molecular formula is C10H21NO2S. The van der Waals surface area contributed by atoms with E-state index in [9.17, 15) is 8.42 Å². The highest BCUT2D eigenvalue weighted by Crippen LogP contribution is 2.47. The molecule has 0 aliphatic heterocycles. The molecule has 1 aliphatic rings. The SMILES string of the molecule is CC(NCCCS(C)(=O)=O)C1(C)CC1. The van der Waals surface area contributed by atoms with Gasteiger partial charge >= 0.3 is 0 Å². The molecule has 1 N–H and O–H groups in total. The van der Waals surface area contributed by atoms with Crippen LogP contribution in [-0.4, -0.2) is 33.0 Å². The number of sulfone groups is 1. The van der Waals surface area contributed by atoms with E-state index in [0.717, 1.165) is 13.0 Å². The molecule has 0 aromatic heterocycles. The number of hydrogen-bond donors (Lipinski definition) is 1. The fraction of sp³-hybridized carbons (Fsp3) is 1.00. The molecule has 0 aromatic rings. The van der Waals surface area contributed by atoms with Crippen molar-refractivity contribution in [2.24, 2.45) is 5.41 Å². The van der Waals surface area contributed by atoms with Crippen LogP contribution in [0.15, 0.2) is 0 Å². The minimum Gasteiger partial charge on any atom is -0.314 e. The first kappa shape index (κ1) is 12.0. The standard InChI is InChI=1S/C10H21NO2S/c1-9(10(2)5-6-10)11-7-4-8-14(3,12)13/h9,11H,4-8H2,1-3H3. The van der Waals surface area contributed by atoms with E-state index in [1.165, 1.54) is 19.1 Å². The highest BCUT2D eigenvalue weighted by Gasteiger charge is 2.41. The molecule has 14 heavy (non-hydrogen) atoms. The Hall–Kier alpha value is -0.0900. The first-order valence-electron chi connectivity index (χ1n) is 5.25. The van der Waals surface area contributed by atoms with Crippen LogP contribution in [0.2, 0.25) is 0 Å². The van der Waals surface area contributed by atoms with Crippen molar-refractivity contribution in [3.63, 3.8) is 0 Å². The van der Waals surface area contributed by atoms with Crippen LogP contribution in [0.1, 0.15) is 33.1 Å². The Bertz CT molecular complexity index is 280. The Labute approximate surface area is 87.2 Å². The van der Waals surface area contributed by atoms with Crippen molar-refractivity contribution in [2.45, 2.75) is 39.2 Å². The monoisotopic (exact) mass is 219 g/mol. The largest absolute Gasteiger partial charge is 0.314 e. The lowest BCUT2D eigenvalue weighted by Gasteiger charge is -2.20. The molecule has 0 heterocycles. The van der Waals surface area contributed by atoms with E-state index in [-0.39, 0.29) is 0 Å². The smallest absolute Gasteiger partial charge is 0.147 e. The molecule has 0 bridgehead atoms. The van der Waals surface area contributed by atoms with E-state index in [1.807, 2.05) is 0 Å². The van der Waals surface area contributed by atoms with Crippen molar-refractivity contribution in [1.82, 2.24) is 5.32 Å². The van der Waals surface area contributed by atoms with Gasteiger partial charge in [0.2, 0.25) is 0 Å². The highest BCUT2D eigenvalue weighted by molar-refractivity contribution is 7.90. The van der Waals surface area contributed by atoms with Crippen LogP contribution in [0.25, 0.3) is 0 Å². The van der Waals surface area contributed by atoms with E-state index in [0.29, 0.717) is 17.2 Å².